The lowest BCUT2D eigenvalue weighted by Crippen LogP contribution is -2.31. The fourth-order valence-electron chi connectivity index (χ4n) is 2.21. The highest BCUT2D eigenvalue weighted by Crippen LogP contribution is 2.33. The third-order valence-electron chi connectivity index (χ3n) is 3.45. The monoisotopic (exact) mass is 409 g/mol. The van der Waals surface area contributed by atoms with Crippen molar-refractivity contribution in [2.75, 3.05) is 20.3 Å². The van der Waals surface area contributed by atoms with Crippen LogP contribution in [0.2, 0.25) is 5.28 Å². The average Bonchev–Trinajstić information content (AvgIpc) is 2.90. The molecular weight excluding hydrogens is 397 g/mol. The molecule has 3 rings (SSSR count). The summed E-state index contributed by atoms with van der Waals surface area (Å²) in [5, 5.41) is -0.499. The highest BCUT2D eigenvalue weighted by molar-refractivity contribution is 8.18. The molecule has 7 nitrogen and oxygen atoms in total. The number of hydrogen-bond acceptors (Lipinski definition) is 7. The Morgan fingerprint density at radius 1 is 1.37 bits per heavy atom. The van der Waals surface area contributed by atoms with Crippen molar-refractivity contribution in [3.63, 3.8) is 0 Å². The predicted molar refractivity (Wildman–Crippen MR) is 98.1 cm³/mol. The number of benzene rings is 1. The van der Waals surface area contributed by atoms with Gasteiger partial charge in [-0.3, -0.25) is 14.5 Å². The van der Waals surface area contributed by atoms with Gasteiger partial charge in [0, 0.05) is 7.11 Å². The van der Waals surface area contributed by atoms with Gasteiger partial charge in [-0.25, -0.2) is 4.98 Å². The minimum atomic E-state index is -0.760. The van der Waals surface area contributed by atoms with E-state index in [1.807, 2.05) is 0 Å². The van der Waals surface area contributed by atoms with Gasteiger partial charge in [0.25, 0.3) is 17.0 Å². The predicted octanol–water partition coefficient (Wildman–Crippen LogP) is 3.74. The van der Waals surface area contributed by atoms with E-state index in [-0.39, 0.29) is 46.1 Å². The van der Waals surface area contributed by atoms with Crippen LogP contribution < -0.4 is 4.74 Å². The third-order valence-corrected chi connectivity index (χ3v) is 4.54. The van der Waals surface area contributed by atoms with Crippen LogP contribution in [0.3, 0.4) is 0 Å². The summed E-state index contributed by atoms with van der Waals surface area (Å²) in [4.78, 5) is 32.9. The molecule has 1 fully saturated rings. The summed E-state index contributed by atoms with van der Waals surface area (Å²) < 4.78 is 24.0. The zero-order valence-electron chi connectivity index (χ0n) is 14.0. The molecule has 0 radical (unpaired) electrons. The van der Waals surface area contributed by atoms with Crippen molar-refractivity contribution in [3.8, 4) is 11.6 Å². The molecule has 0 atom stereocenters. The van der Waals surface area contributed by atoms with Crippen LogP contribution in [0.5, 0.6) is 11.6 Å². The van der Waals surface area contributed by atoms with Crippen LogP contribution in [0.25, 0.3) is 6.08 Å². The van der Waals surface area contributed by atoms with Crippen LogP contribution >= 0.6 is 23.4 Å². The molecule has 2 heterocycles. The fraction of sp³-hybridized carbons (Fsp3) is 0.176. The smallest absolute Gasteiger partial charge is 0.293 e. The molecule has 10 heteroatoms. The molecule has 1 saturated heterocycles. The van der Waals surface area contributed by atoms with Gasteiger partial charge in [-0.1, -0.05) is 12.1 Å². The standard InChI is InChI=1S/C17H13ClFN3O4S/c1-25-6-5-22-15(23)13(27-17(22)24)8-10-3-2-4-11(7-10)26-14-12(19)9-20-16(18)21-14/h2-4,7-9H,5-6H2,1H3/b13-8+. The fourth-order valence-corrected chi connectivity index (χ4v) is 3.20. The molecule has 0 unspecified atom stereocenters. The van der Waals surface area contributed by atoms with E-state index in [2.05, 4.69) is 9.97 Å². The zero-order valence-corrected chi connectivity index (χ0v) is 15.6. The van der Waals surface area contributed by atoms with Gasteiger partial charge in [0.15, 0.2) is 0 Å². The molecule has 0 saturated carbocycles. The van der Waals surface area contributed by atoms with E-state index >= 15 is 0 Å². The van der Waals surface area contributed by atoms with Crippen molar-refractivity contribution in [3.05, 3.63) is 52.0 Å². The Hall–Kier alpha value is -2.49. The Balaban J connectivity index is 1.80. The number of thioether (sulfide) groups is 1. The SMILES string of the molecule is COCCN1C(=O)S/C(=C/c2cccc(Oc3nc(Cl)ncc3F)c2)C1=O. The summed E-state index contributed by atoms with van der Waals surface area (Å²) >= 11 is 6.49. The third kappa shape index (κ3) is 4.62. The Kier molecular flexibility index (Phi) is 6.04. The maximum atomic E-state index is 13.7. The number of ether oxygens (including phenoxy) is 2. The number of imide groups is 1. The highest BCUT2D eigenvalue weighted by Gasteiger charge is 2.34. The molecule has 0 bridgehead atoms. The van der Waals surface area contributed by atoms with Crippen LogP contribution in [0.4, 0.5) is 9.18 Å². The van der Waals surface area contributed by atoms with Crippen molar-refractivity contribution in [1.29, 1.82) is 0 Å². The summed E-state index contributed by atoms with van der Waals surface area (Å²) in [5.41, 5.74) is 0.602. The number of methoxy groups -OCH3 is 1. The first-order valence-corrected chi connectivity index (χ1v) is 8.87. The molecular formula is C17H13ClFN3O4S. The molecule has 0 spiro atoms. The van der Waals surface area contributed by atoms with Crippen LogP contribution in [0.15, 0.2) is 35.4 Å². The topological polar surface area (TPSA) is 81.6 Å². The number of hydrogen-bond donors (Lipinski definition) is 0. The van der Waals surface area contributed by atoms with E-state index in [1.165, 1.54) is 7.11 Å². The molecule has 2 amide bonds. The molecule has 140 valence electrons. The van der Waals surface area contributed by atoms with Crippen LogP contribution in [-0.2, 0) is 9.53 Å². The Labute approximate surface area is 163 Å². The molecule has 1 aromatic heterocycles. The maximum absolute atomic E-state index is 13.7. The van der Waals surface area contributed by atoms with Crippen molar-refractivity contribution >= 4 is 40.6 Å². The lowest BCUT2D eigenvalue weighted by molar-refractivity contribution is -0.123. The van der Waals surface area contributed by atoms with Crippen molar-refractivity contribution in [2.24, 2.45) is 0 Å². The largest absolute Gasteiger partial charge is 0.436 e. The average molecular weight is 410 g/mol. The summed E-state index contributed by atoms with van der Waals surface area (Å²) in [7, 11) is 1.49. The number of carbonyl (C=O) groups excluding carboxylic acids is 2. The van der Waals surface area contributed by atoms with Gasteiger partial charge in [-0.05, 0) is 47.1 Å². The van der Waals surface area contributed by atoms with E-state index in [1.54, 1.807) is 30.3 Å². The van der Waals surface area contributed by atoms with Crippen molar-refractivity contribution in [2.45, 2.75) is 0 Å². The van der Waals surface area contributed by atoms with Crippen molar-refractivity contribution in [1.82, 2.24) is 14.9 Å². The van der Waals surface area contributed by atoms with Crippen LogP contribution in [0.1, 0.15) is 5.56 Å². The highest BCUT2D eigenvalue weighted by atomic mass is 35.5. The first kappa shape index (κ1) is 19.3. The van der Waals surface area contributed by atoms with E-state index in [0.29, 0.717) is 5.56 Å². The zero-order chi connectivity index (χ0) is 19.4. The minimum absolute atomic E-state index is 0.146. The minimum Gasteiger partial charge on any atom is -0.436 e. The van der Waals surface area contributed by atoms with Gasteiger partial charge in [-0.15, -0.1) is 0 Å². The molecule has 1 aromatic carbocycles. The van der Waals surface area contributed by atoms with E-state index < -0.39 is 5.82 Å². The normalized spacial score (nSPS) is 15.7. The first-order valence-electron chi connectivity index (χ1n) is 7.68. The van der Waals surface area contributed by atoms with Gasteiger partial charge in [-0.2, -0.15) is 9.37 Å². The van der Waals surface area contributed by atoms with Gasteiger partial charge in [0.05, 0.1) is 24.3 Å². The molecule has 0 aliphatic carbocycles. The molecule has 0 N–H and O–H groups in total. The van der Waals surface area contributed by atoms with E-state index in [9.17, 15) is 14.0 Å². The Morgan fingerprint density at radius 3 is 2.96 bits per heavy atom. The summed E-state index contributed by atoms with van der Waals surface area (Å²) in [6.45, 7) is 0.455. The number of aromatic nitrogens is 2. The van der Waals surface area contributed by atoms with Gasteiger partial charge in [0.1, 0.15) is 5.75 Å². The molecule has 1 aliphatic heterocycles. The molecule has 27 heavy (non-hydrogen) atoms. The molecule has 2 aromatic rings. The van der Waals surface area contributed by atoms with Gasteiger partial charge < -0.3 is 9.47 Å². The first-order chi connectivity index (χ1) is 13.0. The number of carbonyl (C=O) groups is 2. The van der Waals surface area contributed by atoms with Gasteiger partial charge >= 0.3 is 0 Å². The Bertz CT molecular complexity index is 925. The van der Waals surface area contributed by atoms with Crippen LogP contribution in [0, 0.1) is 5.82 Å². The number of amides is 2. The van der Waals surface area contributed by atoms with E-state index in [0.717, 1.165) is 22.9 Å². The maximum Gasteiger partial charge on any atom is 0.293 e. The number of halogens is 2. The lowest BCUT2D eigenvalue weighted by Gasteiger charge is -2.10. The second-order valence-corrected chi connectivity index (χ2v) is 6.62. The Morgan fingerprint density at radius 2 is 2.19 bits per heavy atom. The van der Waals surface area contributed by atoms with Crippen molar-refractivity contribution < 1.29 is 23.5 Å². The second-order valence-electron chi connectivity index (χ2n) is 5.29. The van der Waals surface area contributed by atoms with Crippen LogP contribution in [-0.4, -0.2) is 46.3 Å². The quantitative estimate of drug-likeness (QED) is 0.531. The number of nitrogens with zero attached hydrogens (tertiary/aromatic N) is 3. The number of rotatable bonds is 6. The summed E-state index contributed by atoms with van der Waals surface area (Å²) in [5.74, 6) is -1.17. The second kappa shape index (κ2) is 8.47. The summed E-state index contributed by atoms with van der Waals surface area (Å²) in [6.07, 6.45) is 2.47. The lowest BCUT2D eigenvalue weighted by atomic mass is 10.2. The summed E-state index contributed by atoms with van der Waals surface area (Å²) in [6, 6.07) is 6.56. The van der Waals surface area contributed by atoms with E-state index in [4.69, 9.17) is 21.1 Å². The van der Waals surface area contributed by atoms with Gasteiger partial charge in [0.2, 0.25) is 11.1 Å². The molecule has 1 aliphatic rings.